The Bertz CT molecular complexity index is 836. The number of ether oxygens (including phenoxy) is 1. The van der Waals surface area contributed by atoms with Crippen LogP contribution in [0.5, 0.6) is 0 Å². The number of likely N-dealkylation sites (tertiary alicyclic amines) is 1. The first-order valence-electron chi connectivity index (χ1n) is 9.92. The SMILES string of the molecule is Cc1[nH]c2ccccc2c1C(=O)N1CCO[C@H](C(=O)N2CCCCCC2)C1. The van der Waals surface area contributed by atoms with Crippen molar-refractivity contribution in [3.63, 3.8) is 0 Å². The van der Waals surface area contributed by atoms with E-state index >= 15 is 0 Å². The number of hydrogen-bond acceptors (Lipinski definition) is 3. The first-order chi connectivity index (χ1) is 13.1. The Morgan fingerprint density at radius 3 is 2.56 bits per heavy atom. The summed E-state index contributed by atoms with van der Waals surface area (Å²) in [4.78, 5) is 33.1. The second-order valence-corrected chi connectivity index (χ2v) is 7.52. The molecule has 2 aliphatic heterocycles. The predicted molar refractivity (Wildman–Crippen MR) is 104 cm³/mol. The van der Waals surface area contributed by atoms with Crippen molar-refractivity contribution in [1.29, 1.82) is 0 Å². The highest BCUT2D eigenvalue weighted by Crippen LogP contribution is 2.24. The Labute approximate surface area is 159 Å². The second-order valence-electron chi connectivity index (χ2n) is 7.52. The van der Waals surface area contributed by atoms with Crippen molar-refractivity contribution >= 4 is 22.7 Å². The van der Waals surface area contributed by atoms with E-state index in [1.807, 2.05) is 36.1 Å². The van der Waals surface area contributed by atoms with Crippen LogP contribution in [-0.4, -0.2) is 65.5 Å². The van der Waals surface area contributed by atoms with Crippen LogP contribution >= 0.6 is 0 Å². The Kier molecular flexibility index (Phi) is 5.16. The zero-order valence-corrected chi connectivity index (χ0v) is 15.9. The van der Waals surface area contributed by atoms with E-state index in [1.54, 1.807) is 4.90 Å². The molecule has 144 valence electrons. The summed E-state index contributed by atoms with van der Waals surface area (Å²) in [6.07, 6.45) is 3.91. The highest BCUT2D eigenvalue weighted by Gasteiger charge is 2.33. The lowest BCUT2D eigenvalue weighted by Gasteiger charge is -2.35. The third-order valence-electron chi connectivity index (χ3n) is 5.65. The molecule has 2 saturated heterocycles. The number of carbonyl (C=O) groups excluding carboxylic acids is 2. The number of fused-ring (bicyclic) bond motifs is 1. The number of aryl methyl sites for hydroxylation is 1. The third kappa shape index (κ3) is 3.58. The number of nitrogens with zero attached hydrogens (tertiary/aromatic N) is 2. The molecule has 2 amide bonds. The predicted octanol–water partition coefficient (Wildman–Crippen LogP) is 2.72. The van der Waals surface area contributed by atoms with Gasteiger partial charge in [0.1, 0.15) is 0 Å². The van der Waals surface area contributed by atoms with Crippen molar-refractivity contribution in [2.24, 2.45) is 0 Å². The minimum atomic E-state index is -0.550. The number of benzene rings is 1. The van der Waals surface area contributed by atoms with Gasteiger partial charge in [0.25, 0.3) is 11.8 Å². The van der Waals surface area contributed by atoms with Gasteiger partial charge in [-0.15, -0.1) is 0 Å². The summed E-state index contributed by atoms with van der Waals surface area (Å²) in [7, 11) is 0. The maximum Gasteiger partial charge on any atom is 0.256 e. The molecule has 0 spiro atoms. The smallest absolute Gasteiger partial charge is 0.256 e. The molecular formula is C21H27N3O3. The van der Waals surface area contributed by atoms with Gasteiger partial charge in [-0.3, -0.25) is 9.59 Å². The van der Waals surface area contributed by atoms with Gasteiger partial charge in [-0.1, -0.05) is 31.0 Å². The van der Waals surface area contributed by atoms with Crippen LogP contribution in [0.1, 0.15) is 41.7 Å². The monoisotopic (exact) mass is 369 g/mol. The van der Waals surface area contributed by atoms with Crippen LogP contribution in [-0.2, 0) is 9.53 Å². The molecular weight excluding hydrogens is 342 g/mol. The Hall–Kier alpha value is -2.34. The number of aromatic nitrogens is 1. The van der Waals surface area contributed by atoms with Crippen LogP contribution < -0.4 is 0 Å². The number of morpholine rings is 1. The maximum atomic E-state index is 13.2. The topological polar surface area (TPSA) is 65.6 Å². The highest BCUT2D eigenvalue weighted by atomic mass is 16.5. The summed E-state index contributed by atoms with van der Waals surface area (Å²) >= 11 is 0. The first kappa shape index (κ1) is 18.0. The van der Waals surface area contributed by atoms with Gasteiger partial charge in [-0.2, -0.15) is 0 Å². The minimum Gasteiger partial charge on any atom is -0.365 e. The Morgan fingerprint density at radius 2 is 1.78 bits per heavy atom. The van der Waals surface area contributed by atoms with E-state index in [2.05, 4.69) is 4.98 Å². The lowest BCUT2D eigenvalue weighted by molar-refractivity contribution is -0.148. The van der Waals surface area contributed by atoms with Gasteiger partial charge < -0.3 is 19.5 Å². The van der Waals surface area contributed by atoms with Gasteiger partial charge in [-0.25, -0.2) is 0 Å². The molecule has 1 aromatic carbocycles. The van der Waals surface area contributed by atoms with Crippen LogP contribution in [0.2, 0.25) is 0 Å². The fraction of sp³-hybridized carbons (Fsp3) is 0.524. The molecule has 2 fully saturated rings. The number of nitrogens with one attached hydrogen (secondary N) is 1. The summed E-state index contributed by atoms with van der Waals surface area (Å²) in [6.45, 7) is 4.77. The van der Waals surface area contributed by atoms with E-state index in [-0.39, 0.29) is 11.8 Å². The maximum absolute atomic E-state index is 13.2. The molecule has 2 aliphatic rings. The van der Waals surface area contributed by atoms with Crippen LogP contribution in [0.25, 0.3) is 10.9 Å². The molecule has 4 rings (SSSR count). The van der Waals surface area contributed by atoms with Crippen LogP contribution in [0.4, 0.5) is 0 Å². The molecule has 0 saturated carbocycles. The summed E-state index contributed by atoms with van der Waals surface area (Å²) in [6, 6.07) is 7.84. The average Bonchev–Trinajstić information content (AvgIpc) is 2.86. The van der Waals surface area contributed by atoms with Gasteiger partial charge in [0.05, 0.1) is 18.7 Å². The number of carbonyl (C=O) groups is 2. The van der Waals surface area contributed by atoms with Crippen molar-refractivity contribution in [3.8, 4) is 0 Å². The zero-order valence-electron chi connectivity index (χ0n) is 15.9. The van der Waals surface area contributed by atoms with Crippen molar-refractivity contribution in [2.45, 2.75) is 38.7 Å². The number of H-pyrrole nitrogens is 1. The fourth-order valence-electron chi connectivity index (χ4n) is 4.19. The van der Waals surface area contributed by atoms with Crippen LogP contribution in [0.15, 0.2) is 24.3 Å². The second kappa shape index (κ2) is 7.72. The summed E-state index contributed by atoms with van der Waals surface area (Å²) in [5.41, 5.74) is 2.53. The molecule has 1 aromatic heterocycles. The molecule has 3 heterocycles. The molecule has 0 unspecified atom stereocenters. The van der Waals surface area contributed by atoms with E-state index in [0.717, 1.165) is 42.5 Å². The van der Waals surface area contributed by atoms with Crippen molar-refractivity contribution in [3.05, 3.63) is 35.5 Å². The average molecular weight is 369 g/mol. The summed E-state index contributed by atoms with van der Waals surface area (Å²) in [5.74, 6) is 0.00645. The normalized spacial score (nSPS) is 21.3. The highest BCUT2D eigenvalue weighted by molar-refractivity contribution is 6.08. The van der Waals surface area contributed by atoms with Crippen LogP contribution in [0.3, 0.4) is 0 Å². The lowest BCUT2D eigenvalue weighted by Crippen LogP contribution is -2.52. The molecule has 0 aliphatic carbocycles. The summed E-state index contributed by atoms with van der Waals surface area (Å²) in [5, 5.41) is 0.932. The van der Waals surface area contributed by atoms with E-state index in [9.17, 15) is 9.59 Å². The molecule has 1 atom stereocenters. The largest absolute Gasteiger partial charge is 0.365 e. The van der Waals surface area contributed by atoms with E-state index < -0.39 is 6.10 Å². The van der Waals surface area contributed by atoms with E-state index in [1.165, 1.54) is 12.8 Å². The first-order valence-corrected chi connectivity index (χ1v) is 9.92. The summed E-state index contributed by atoms with van der Waals surface area (Å²) < 4.78 is 5.76. The molecule has 1 N–H and O–H groups in total. The van der Waals surface area contributed by atoms with Crippen molar-refractivity contribution in [1.82, 2.24) is 14.8 Å². The number of hydrogen-bond donors (Lipinski definition) is 1. The molecule has 0 radical (unpaired) electrons. The molecule has 27 heavy (non-hydrogen) atoms. The van der Waals surface area contributed by atoms with E-state index in [0.29, 0.717) is 25.3 Å². The van der Waals surface area contributed by atoms with Gasteiger partial charge in [0.15, 0.2) is 6.10 Å². The van der Waals surface area contributed by atoms with Crippen molar-refractivity contribution < 1.29 is 14.3 Å². The number of rotatable bonds is 2. The molecule has 6 heteroatoms. The number of aromatic amines is 1. The van der Waals surface area contributed by atoms with Gasteiger partial charge in [0.2, 0.25) is 0 Å². The van der Waals surface area contributed by atoms with Gasteiger partial charge in [-0.05, 0) is 25.8 Å². The Balaban J connectivity index is 1.51. The van der Waals surface area contributed by atoms with Gasteiger partial charge in [0, 0.05) is 36.2 Å². The van der Waals surface area contributed by atoms with E-state index in [4.69, 9.17) is 4.74 Å². The van der Waals surface area contributed by atoms with Gasteiger partial charge >= 0.3 is 0 Å². The van der Waals surface area contributed by atoms with Crippen LogP contribution in [0, 0.1) is 6.92 Å². The fourth-order valence-corrected chi connectivity index (χ4v) is 4.19. The number of para-hydroxylation sites is 1. The quantitative estimate of drug-likeness (QED) is 0.885. The third-order valence-corrected chi connectivity index (χ3v) is 5.65. The molecule has 2 aromatic rings. The molecule has 0 bridgehead atoms. The van der Waals surface area contributed by atoms with Crippen molar-refractivity contribution in [2.75, 3.05) is 32.8 Å². The minimum absolute atomic E-state index is 0.0260. The molecule has 6 nitrogen and oxygen atoms in total. The number of amides is 2. The Morgan fingerprint density at radius 1 is 1.04 bits per heavy atom. The standard InChI is InChI=1S/C21H27N3O3/c1-15-19(16-8-4-5-9-17(16)22-15)21(26)24-12-13-27-18(14-24)20(25)23-10-6-2-3-7-11-23/h4-5,8-9,18,22H,2-3,6-7,10-14H2,1H3/t18-/m0/s1. The zero-order chi connectivity index (χ0) is 18.8. The lowest BCUT2D eigenvalue weighted by atomic mass is 10.1.